The van der Waals surface area contributed by atoms with Crippen molar-refractivity contribution in [1.82, 2.24) is 10.2 Å². The van der Waals surface area contributed by atoms with Gasteiger partial charge in [-0.25, -0.2) is 4.79 Å². The Labute approximate surface area is 154 Å². The molecular formula is C18H19N3O4S. The van der Waals surface area contributed by atoms with E-state index in [0.717, 1.165) is 21.0 Å². The Morgan fingerprint density at radius 2 is 2.27 bits per heavy atom. The van der Waals surface area contributed by atoms with Crippen molar-refractivity contribution in [2.24, 2.45) is 0 Å². The van der Waals surface area contributed by atoms with Crippen molar-refractivity contribution in [3.63, 3.8) is 0 Å². The van der Waals surface area contributed by atoms with Gasteiger partial charge < -0.3 is 25.4 Å². The van der Waals surface area contributed by atoms with Crippen LogP contribution in [0.15, 0.2) is 24.3 Å². The Morgan fingerprint density at radius 3 is 3.04 bits per heavy atom. The molecule has 136 valence electrons. The van der Waals surface area contributed by atoms with Gasteiger partial charge in [0.25, 0.3) is 5.91 Å². The van der Waals surface area contributed by atoms with Crippen molar-refractivity contribution in [3.8, 4) is 5.75 Å². The van der Waals surface area contributed by atoms with Crippen molar-refractivity contribution in [3.05, 3.63) is 45.8 Å². The highest BCUT2D eigenvalue weighted by Gasteiger charge is 2.34. The smallest absolute Gasteiger partial charge is 0.410 e. The maximum absolute atomic E-state index is 12.7. The number of fused-ring (bicyclic) bond motifs is 3. The lowest BCUT2D eigenvalue weighted by Crippen LogP contribution is -2.39. The third kappa shape index (κ3) is 2.86. The number of amides is 2. The summed E-state index contributed by atoms with van der Waals surface area (Å²) in [5.41, 5.74) is 2.46. The Kier molecular flexibility index (Phi) is 4.20. The van der Waals surface area contributed by atoms with E-state index in [2.05, 4.69) is 10.6 Å². The minimum absolute atomic E-state index is 0.130. The van der Waals surface area contributed by atoms with Crippen molar-refractivity contribution < 1.29 is 19.4 Å². The number of thiophene rings is 1. The number of nitrogens with zero attached hydrogens (tertiary/aromatic N) is 1. The van der Waals surface area contributed by atoms with Gasteiger partial charge in [-0.1, -0.05) is 12.1 Å². The van der Waals surface area contributed by atoms with E-state index >= 15 is 0 Å². The van der Waals surface area contributed by atoms with Gasteiger partial charge in [0.2, 0.25) is 0 Å². The largest absolute Gasteiger partial charge is 0.508 e. The first kappa shape index (κ1) is 16.7. The summed E-state index contributed by atoms with van der Waals surface area (Å²) in [7, 11) is 0. The zero-order chi connectivity index (χ0) is 18.3. The average Bonchev–Trinajstić information content (AvgIpc) is 2.99. The summed E-state index contributed by atoms with van der Waals surface area (Å²) in [4.78, 5) is 27.3. The Hall–Kier alpha value is -2.74. The van der Waals surface area contributed by atoms with E-state index in [1.807, 2.05) is 6.07 Å². The topological polar surface area (TPSA) is 90.9 Å². The molecule has 0 fully saturated rings. The fraction of sp³-hybridized carbons (Fsp3) is 0.333. The number of rotatable bonds is 2. The zero-order valence-electron chi connectivity index (χ0n) is 14.2. The van der Waals surface area contributed by atoms with Crippen LogP contribution in [0.3, 0.4) is 0 Å². The number of aromatic hydroxyl groups is 1. The zero-order valence-corrected chi connectivity index (χ0v) is 15.1. The molecule has 2 aliphatic heterocycles. The Balaban J connectivity index is 1.61. The molecule has 3 N–H and O–H groups in total. The van der Waals surface area contributed by atoms with Crippen LogP contribution >= 0.6 is 11.3 Å². The van der Waals surface area contributed by atoms with Crippen molar-refractivity contribution >= 4 is 28.3 Å². The SMILES string of the molecule is CCOC(=O)N1CCc2c(sc3c2C(=O)NC(c2cccc(O)c2)N3)C1. The molecule has 1 aromatic heterocycles. The molecule has 1 unspecified atom stereocenters. The molecule has 1 aromatic carbocycles. The molecule has 0 radical (unpaired) electrons. The Bertz CT molecular complexity index is 879. The van der Waals surface area contributed by atoms with Gasteiger partial charge >= 0.3 is 6.09 Å². The van der Waals surface area contributed by atoms with E-state index in [4.69, 9.17) is 4.74 Å². The second-order valence-corrected chi connectivity index (χ2v) is 7.33. The number of ether oxygens (including phenoxy) is 1. The van der Waals surface area contributed by atoms with Gasteiger partial charge in [-0.05, 0) is 36.6 Å². The maximum atomic E-state index is 12.7. The first-order valence-corrected chi connectivity index (χ1v) is 9.31. The molecule has 2 aliphatic rings. The molecule has 0 bridgehead atoms. The molecule has 3 heterocycles. The molecule has 8 heteroatoms. The molecule has 4 rings (SSSR count). The van der Waals surface area contributed by atoms with Crippen molar-refractivity contribution in [1.29, 1.82) is 0 Å². The van der Waals surface area contributed by atoms with Crippen LogP contribution in [0.4, 0.5) is 9.80 Å². The lowest BCUT2D eigenvalue weighted by atomic mass is 10.0. The Morgan fingerprint density at radius 1 is 1.42 bits per heavy atom. The molecule has 7 nitrogen and oxygen atoms in total. The summed E-state index contributed by atoms with van der Waals surface area (Å²) < 4.78 is 5.08. The van der Waals surface area contributed by atoms with Crippen LogP contribution in [-0.2, 0) is 17.7 Å². The quantitative estimate of drug-likeness (QED) is 0.753. The number of benzene rings is 1. The predicted molar refractivity (Wildman–Crippen MR) is 97.4 cm³/mol. The molecule has 2 aromatic rings. The lowest BCUT2D eigenvalue weighted by molar-refractivity contribution is 0.0934. The average molecular weight is 373 g/mol. The number of phenolic OH excluding ortho intramolecular Hbond substituents is 1. The van der Waals surface area contributed by atoms with Crippen LogP contribution in [0, 0.1) is 0 Å². The highest BCUT2D eigenvalue weighted by molar-refractivity contribution is 7.16. The van der Waals surface area contributed by atoms with Crippen molar-refractivity contribution in [2.45, 2.75) is 26.1 Å². The second kappa shape index (κ2) is 6.53. The molecule has 2 amide bonds. The van der Waals surface area contributed by atoms with E-state index in [-0.39, 0.29) is 17.7 Å². The van der Waals surface area contributed by atoms with Crippen molar-refractivity contribution in [2.75, 3.05) is 18.5 Å². The monoisotopic (exact) mass is 373 g/mol. The van der Waals surface area contributed by atoms with Gasteiger partial charge in [0.05, 0.1) is 18.7 Å². The number of nitrogens with one attached hydrogen (secondary N) is 2. The molecule has 0 aliphatic carbocycles. The molecule has 0 spiro atoms. The standard InChI is InChI=1S/C18H19N3O4S/c1-2-25-18(24)21-7-6-12-13(9-21)26-17-14(12)16(23)19-15(20-17)10-4-3-5-11(22)8-10/h3-5,8,15,20,22H,2,6-7,9H2,1H3,(H,19,23). The van der Waals surface area contributed by atoms with Gasteiger partial charge in [-0.15, -0.1) is 11.3 Å². The molecular weight excluding hydrogens is 354 g/mol. The summed E-state index contributed by atoms with van der Waals surface area (Å²) >= 11 is 1.50. The normalized spacial score (nSPS) is 18.4. The molecule has 0 saturated carbocycles. The first-order chi connectivity index (χ1) is 12.6. The summed E-state index contributed by atoms with van der Waals surface area (Å²) in [6.45, 7) is 3.13. The van der Waals surface area contributed by atoms with Crippen LogP contribution in [0.2, 0.25) is 0 Å². The fourth-order valence-corrected chi connectivity index (χ4v) is 4.65. The van der Waals surface area contributed by atoms with Crippen LogP contribution < -0.4 is 10.6 Å². The van der Waals surface area contributed by atoms with Crippen LogP contribution in [0.1, 0.15) is 39.5 Å². The van der Waals surface area contributed by atoms with Crippen LogP contribution in [0.5, 0.6) is 5.75 Å². The molecule has 26 heavy (non-hydrogen) atoms. The number of carbonyl (C=O) groups excluding carboxylic acids is 2. The predicted octanol–water partition coefficient (Wildman–Crippen LogP) is 2.82. The summed E-state index contributed by atoms with van der Waals surface area (Å²) in [6, 6.07) is 6.80. The van der Waals surface area contributed by atoms with Crippen LogP contribution in [-0.4, -0.2) is 35.2 Å². The number of hydrogen-bond acceptors (Lipinski definition) is 6. The fourth-order valence-electron chi connectivity index (χ4n) is 3.36. The minimum Gasteiger partial charge on any atom is -0.508 e. The maximum Gasteiger partial charge on any atom is 0.410 e. The molecule has 1 atom stereocenters. The van der Waals surface area contributed by atoms with E-state index in [9.17, 15) is 14.7 Å². The van der Waals surface area contributed by atoms with Gasteiger partial charge in [0, 0.05) is 11.4 Å². The van der Waals surface area contributed by atoms with Gasteiger partial charge in [0.15, 0.2) is 0 Å². The lowest BCUT2D eigenvalue weighted by Gasteiger charge is -2.28. The van der Waals surface area contributed by atoms with E-state index in [1.165, 1.54) is 11.3 Å². The number of phenols is 1. The second-order valence-electron chi connectivity index (χ2n) is 6.22. The third-order valence-corrected chi connectivity index (χ3v) is 5.71. The van der Waals surface area contributed by atoms with Gasteiger partial charge in [0.1, 0.15) is 16.9 Å². The van der Waals surface area contributed by atoms with E-state index in [0.29, 0.717) is 31.7 Å². The molecule has 0 saturated heterocycles. The van der Waals surface area contributed by atoms with Gasteiger partial charge in [-0.2, -0.15) is 0 Å². The minimum atomic E-state index is -0.400. The summed E-state index contributed by atoms with van der Waals surface area (Å²) in [5, 5.41) is 16.8. The number of hydrogen-bond donors (Lipinski definition) is 3. The highest BCUT2D eigenvalue weighted by Crippen LogP contribution is 2.41. The third-order valence-electron chi connectivity index (χ3n) is 4.56. The summed E-state index contributed by atoms with van der Waals surface area (Å²) in [5.74, 6) is 0.0223. The van der Waals surface area contributed by atoms with Crippen LogP contribution in [0.25, 0.3) is 0 Å². The number of anilines is 1. The van der Waals surface area contributed by atoms with E-state index in [1.54, 1.807) is 30.0 Å². The first-order valence-electron chi connectivity index (χ1n) is 8.49. The van der Waals surface area contributed by atoms with E-state index < -0.39 is 6.17 Å². The van der Waals surface area contributed by atoms with Gasteiger partial charge in [-0.3, -0.25) is 4.79 Å². The highest BCUT2D eigenvalue weighted by atomic mass is 32.1. The summed E-state index contributed by atoms with van der Waals surface area (Å²) in [6.07, 6.45) is -0.0887. The number of carbonyl (C=O) groups is 2.